The van der Waals surface area contributed by atoms with Gasteiger partial charge in [-0.05, 0) is 77.0 Å². The molecule has 0 aromatic heterocycles. The van der Waals surface area contributed by atoms with Crippen molar-refractivity contribution in [2.45, 2.75) is 261 Å². The normalized spacial score (nSPS) is 25.2. The number of unbranched alkanes of at least 4 members (excludes halogenated alkanes) is 18. The molecule has 2 aliphatic rings. The summed E-state index contributed by atoms with van der Waals surface area (Å²) in [6, 6.07) is 0. The van der Waals surface area contributed by atoms with E-state index in [9.17, 15) is 40.5 Å². The van der Waals surface area contributed by atoms with Crippen molar-refractivity contribution >= 4 is 5.97 Å². The second kappa shape index (κ2) is 47.2. The Labute approximate surface area is 452 Å². The number of hydrogen-bond donors (Lipinski definition) is 7. The minimum atomic E-state index is -1.72. The lowest BCUT2D eigenvalue weighted by Crippen LogP contribution is -2.61. The second-order valence-electron chi connectivity index (χ2n) is 20.1. The van der Waals surface area contributed by atoms with Gasteiger partial charge in [-0.15, -0.1) is 0 Å². The van der Waals surface area contributed by atoms with Crippen LogP contribution in [0.4, 0.5) is 0 Å². The molecule has 2 rings (SSSR count). The zero-order chi connectivity index (χ0) is 54.4. The molecule has 2 heterocycles. The molecule has 2 aliphatic heterocycles. The highest BCUT2D eigenvalue weighted by atomic mass is 16.7. The number of hydrogen-bond acceptors (Lipinski definition) is 14. The van der Waals surface area contributed by atoms with Crippen molar-refractivity contribution in [3.63, 3.8) is 0 Å². The number of allylic oxidation sites excluding steroid dienone is 13. The highest BCUT2D eigenvalue weighted by Gasteiger charge is 2.47. The standard InChI is InChI=1S/C61H104O14/c1-3-5-7-9-11-13-15-17-19-21-22-23-24-25-26-27-28-29-30-32-34-36-38-40-42-44-53(63)73-50(47-70-45-43-41-39-37-35-33-31-20-18-16-14-12-10-8-6-4-2)48-71-60-59(69)57(67)55(65)52(75-60)49-72-61-58(68)56(66)54(64)51(46-62)74-61/h6,8,12,14-15,17-18,20-22,33,35,39,41,50-52,54-62,64-69H,3-5,7,9-11,13,16,19,23-32,34,36-38,40,42-49H2,1-2H3/b8-6-,14-12-,17-15-,20-18-,22-21-,35-33-,41-39-. The van der Waals surface area contributed by atoms with Crippen molar-refractivity contribution in [2.24, 2.45) is 0 Å². The fourth-order valence-corrected chi connectivity index (χ4v) is 8.73. The van der Waals surface area contributed by atoms with Gasteiger partial charge in [0, 0.05) is 6.42 Å². The van der Waals surface area contributed by atoms with Crippen LogP contribution in [0.3, 0.4) is 0 Å². The van der Waals surface area contributed by atoms with Crippen molar-refractivity contribution in [3.8, 4) is 0 Å². The van der Waals surface area contributed by atoms with Gasteiger partial charge in [-0.25, -0.2) is 0 Å². The molecule has 0 spiro atoms. The van der Waals surface area contributed by atoms with E-state index in [1.165, 1.54) is 103 Å². The number of rotatable bonds is 46. The van der Waals surface area contributed by atoms with E-state index in [1.807, 2.05) is 6.08 Å². The lowest BCUT2D eigenvalue weighted by Gasteiger charge is -2.42. The maximum atomic E-state index is 13.1. The maximum Gasteiger partial charge on any atom is 0.306 e. The molecule has 0 radical (unpaired) electrons. The van der Waals surface area contributed by atoms with Crippen LogP contribution in [0, 0.1) is 0 Å². The van der Waals surface area contributed by atoms with Gasteiger partial charge in [0.1, 0.15) is 54.9 Å². The largest absolute Gasteiger partial charge is 0.457 e. The van der Waals surface area contributed by atoms with Crippen LogP contribution in [-0.2, 0) is 33.2 Å². The summed E-state index contributed by atoms with van der Waals surface area (Å²) < 4.78 is 34.2. The smallest absolute Gasteiger partial charge is 0.306 e. The highest BCUT2D eigenvalue weighted by molar-refractivity contribution is 5.69. The molecular weight excluding hydrogens is 957 g/mol. The molecule has 0 aromatic rings. The van der Waals surface area contributed by atoms with E-state index < -0.39 is 86.7 Å². The van der Waals surface area contributed by atoms with Crippen LogP contribution >= 0.6 is 0 Å². The summed E-state index contributed by atoms with van der Waals surface area (Å²) in [5.41, 5.74) is 0. The SMILES string of the molecule is CC/C=C\C/C=C\C/C=C\C/C=C\C/C=C\CCOCC(COC1OC(COC2OC(CO)C(O)C(O)C2O)C(O)C(O)C1O)OC(=O)CCCCCCCCCCCCCCC/C=C\C/C=C\CCCCCCC. The third-order valence-electron chi connectivity index (χ3n) is 13.4. The summed E-state index contributed by atoms with van der Waals surface area (Å²) in [5.74, 6) is -0.403. The predicted molar refractivity (Wildman–Crippen MR) is 298 cm³/mol. The zero-order valence-electron chi connectivity index (χ0n) is 46.3. The van der Waals surface area contributed by atoms with Gasteiger partial charge in [0.05, 0.1) is 33.0 Å². The Balaban J connectivity index is 1.72. The van der Waals surface area contributed by atoms with Gasteiger partial charge in [-0.2, -0.15) is 0 Å². The third-order valence-corrected chi connectivity index (χ3v) is 13.4. The molecule has 11 unspecified atom stereocenters. The molecule has 0 bridgehead atoms. The summed E-state index contributed by atoms with van der Waals surface area (Å²) in [7, 11) is 0. The van der Waals surface area contributed by atoms with Gasteiger partial charge in [-0.3, -0.25) is 4.79 Å². The Morgan fingerprint density at radius 3 is 1.36 bits per heavy atom. The van der Waals surface area contributed by atoms with Crippen LogP contribution in [0.2, 0.25) is 0 Å². The van der Waals surface area contributed by atoms with Crippen LogP contribution in [0.25, 0.3) is 0 Å². The van der Waals surface area contributed by atoms with Gasteiger partial charge in [0.25, 0.3) is 0 Å². The van der Waals surface area contributed by atoms with E-state index in [-0.39, 0.29) is 19.6 Å². The molecule has 2 fully saturated rings. The van der Waals surface area contributed by atoms with Crippen molar-refractivity contribution in [2.75, 3.05) is 33.0 Å². The molecule has 14 nitrogen and oxygen atoms in total. The van der Waals surface area contributed by atoms with Crippen LogP contribution < -0.4 is 0 Å². The van der Waals surface area contributed by atoms with E-state index in [4.69, 9.17) is 28.4 Å². The van der Waals surface area contributed by atoms with Gasteiger partial charge >= 0.3 is 5.97 Å². The molecule has 0 aromatic carbocycles. The molecule has 0 amide bonds. The molecule has 11 atom stereocenters. The van der Waals surface area contributed by atoms with Crippen molar-refractivity contribution < 1.29 is 69.0 Å². The summed E-state index contributed by atoms with van der Waals surface area (Å²) in [5, 5.41) is 72.3. The summed E-state index contributed by atoms with van der Waals surface area (Å²) >= 11 is 0. The molecule has 7 N–H and O–H groups in total. The van der Waals surface area contributed by atoms with Crippen molar-refractivity contribution in [1.82, 2.24) is 0 Å². The summed E-state index contributed by atoms with van der Waals surface area (Å²) in [6.45, 7) is 3.34. The number of ether oxygens (including phenoxy) is 6. The fraction of sp³-hybridized carbons (Fsp3) is 0.754. The summed E-state index contributed by atoms with van der Waals surface area (Å²) in [6.07, 6.45) is 45.3. The highest BCUT2D eigenvalue weighted by Crippen LogP contribution is 2.26. The third kappa shape index (κ3) is 33.9. The van der Waals surface area contributed by atoms with Crippen LogP contribution in [0.1, 0.15) is 194 Å². The van der Waals surface area contributed by atoms with E-state index in [0.717, 1.165) is 57.8 Å². The van der Waals surface area contributed by atoms with Gasteiger partial charge < -0.3 is 64.2 Å². The average molecular weight is 1060 g/mol. The monoisotopic (exact) mass is 1060 g/mol. The minimum Gasteiger partial charge on any atom is -0.457 e. The van der Waals surface area contributed by atoms with E-state index in [0.29, 0.717) is 19.4 Å². The number of aliphatic hydroxyl groups excluding tert-OH is 7. The molecule has 432 valence electrons. The zero-order valence-corrected chi connectivity index (χ0v) is 46.3. The first-order valence-electron chi connectivity index (χ1n) is 29.2. The van der Waals surface area contributed by atoms with Crippen LogP contribution in [0.5, 0.6) is 0 Å². The van der Waals surface area contributed by atoms with Gasteiger partial charge in [0.2, 0.25) is 0 Å². The Morgan fingerprint density at radius 2 is 0.867 bits per heavy atom. The molecule has 14 heteroatoms. The molecule has 0 saturated carbocycles. The van der Waals surface area contributed by atoms with Gasteiger partial charge in [-0.1, -0.05) is 195 Å². The Bertz CT molecular complexity index is 1560. The molecular formula is C61H104O14. The number of carbonyl (C=O) groups is 1. The Kier molecular flexibility index (Phi) is 43.0. The van der Waals surface area contributed by atoms with E-state index in [1.54, 1.807) is 0 Å². The lowest BCUT2D eigenvalue weighted by atomic mass is 9.98. The maximum absolute atomic E-state index is 13.1. The number of esters is 1. The first-order chi connectivity index (χ1) is 36.6. The first-order valence-corrected chi connectivity index (χ1v) is 29.2. The first kappa shape index (κ1) is 68.3. The van der Waals surface area contributed by atoms with E-state index >= 15 is 0 Å². The quantitative estimate of drug-likeness (QED) is 0.0172. The predicted octanol–water partition coefficient (Wildman–Crippen LogP) is 10.4. The Morgan fingerprint density at radius 1 is 0.453 bits per heavy atom. The lowest BCUT2D eigenvalue weighted by molar-refractivity contribution is -0.332. The van der Waals surface area contributed by atoms with E-state index in [2.05, 4.69) is 92.8 Å². The summed E-state index contributed by atoms with van der Waals surface area (Å²) in [4.78, 5) is 13.1. The topological polar surface area (TPSA) is 214 Å². The number of aliphatic hydroxyl groups is 7. The molecule has 2 saturated heterocycles. The molecule has 0 aliphatic carbocycles. The fourth-order valence-electron chi connectivity index (χ4n) is 8.73. The molecule has 75 heavy (non-hydrogen) atoms. The minimum absolute atomic E-state index is 0.00331. The van der Waals surface area contributed by atoms with Crippen molar-refractivity contribution in [1.29, 1.82) is 0 Å². The van der Waals surface area contributed by atoms with Crippen LogP contribution in [-0.4, -0.2) is 142 Å². The van der Waals surface area contributed by atoms with Crippen LogP contribution in [0.15, 0.2) is 85.1 Å². The number of carbonyl (C=O) groups excluding carboxylic acids is 1. The Hall–Kier alpha value is -2.83. The van der Waals surface area contributed by atoms with Gasteiger partial charge in [0.15, 0.2) is 12.6 Å². The second-order valence-corrected chi connectivity index (χ2v) is 20.1. The van der Waals surface area contributed by atoms with Crippen molar-refractivity contribution in [3.05, 3.63) is 85.1 Å². The average Bonchev–Trinajstić information content (AvgIpc) is 3.41.